The number of fused-ring (bicyclic) bond motifs is 3. The predicted octanol–water partition coefficient (Wildman–Crippen LogP) is 0.703. The van der Waals surface area contributed by atoms with Gasteiger partial charge in [-0.05, 0) is 24.8 Å². The number of amides is 1. The van der Waals surface area contributed by atoms with E-state index in [1.807, 2.05) is 0 Å². The Hall–Kier alpha value is -1.95. The fourth-order valence-corrected chi connectivity index (χ4v) is 3.14. The van der Waals surface area contributed by atoms with Crippen LogP contribution in [0.5, 0.6) is 0 Å². The van der Waals surface area contributed by atoms with Crippen LogP contribution in [0.4, 0.5) is 0 Å². The lowest BCUT2D eigenvalue weighted by Gasteiger charge is -2.23. The third-order valence-corrected chi connectivity index (χ3v) is 4.13. The number of oxazole rings is 1. The molecule has 98 valence electrons. The maximum Gasteiger partial charge on any atom is 0.270 e. The zero-order chi connectivity index (χ0) is 12.8. The molecule has 2 bridgehead atoms. The Kier molecular flexibility index (Phi) is 2.32. The number of nitrogens with zero attached hydrogens (tertiary/aromatic N) is 2. The minimum Gasteiger partial charge on any atom is -0.442 e. The zero-order valence-corrected chi connectivity index (χ0v) is 10.3. The summed E-state index contributed by atoms with van der Waals surface area (Å²) < 4.78 is 5.11. The molecule has 3 atom stereocenters. The van der Waals surface area contributed by atoms with Crippen LogP contribution >= 0.6 is 0 Å². The Balaban J connectivity index is 1.53. The van der Waals surface area contributed by atoms with Crippen molar-refractivity contribution in [1.82, 2.24) is 20.6 Å². The van der Waals surface area contributed by atoms with E-state index in [4.69, 9.17) is 4.42 Å². The molecule has 1 amide bonds. The third kappa shape index (κ3) is 1.79. The van der Waals surface area contributed by atoms with Gasteiger partial charge >= 0.3 is 0 Å². The number of carbonyl (C=O) groups excluding carboxylic acids is 1. The molecule has 0 unspecified atom stereocenters. The minimum absolute atomic E-state index is 0.123. The molecule has 1 aliphatic carbocycles. The van der Waals surface area contributed by atoms with Gasteiger partial charge in [-0.2, -0.15) is 0 Å². The van der Waals surface area contributed by atoms with Crippen molar-refractivity contribution in [2.45, 2.75) is 24.9 Å². The molecule has 19 heavy (non-hydrogen) atoms. The van der Waals surface area contributed by atoms with Crippen molar-refractivity contribution in [3.63, 3.8) is 0 Å². The Morgan fingerprint density at radius 3 is 3.16 bits per heavy atom. The van der Waals surface area contributed by atoms with Gasteiger partial charge in [0.25, 0.3) is 5.91 Å². The van der Waals surface area contributed by atoms with Crippen molar-refractivity contribution >= 4 is 17.0 Å². The van der Waals surface area contributed by atoms with Gasteiger partial charge in [-0.25, -0.2) is 9.97 Å². The van der Waals surface area contributed by atoms with Crippen LogP contribution in [0.15, 0.2) is 23.1 Å². The molecule has 1 saturated carbocycles. The Morgan fingerprint density at radius 1 is 1.42 bits per heavy atom. The van der Waals surface area contributed by atoms with Crippen molar-refractivity contribution in [3.8, 4) is 0 Å². The highest BCUT2D eigenvalue weighted by molar-refractivity contribution is 5.95. The molecule has 0 radical (unpaired) electrons. The molecule has 0 aromatic carbocycles. The van der Waals surface area contributed by atoms with E-state index in [-0.39, 0.29) is 11.9 Å². The van der Waals surface area contributed by atoms with E-state index in [0.717, 1.165) is 13.0 Å². The minimum atomic E-state index is -0.123. The topological polar surface area (TPSA) is 80.0 Å². The van der Waals surface area contributed by atoms with Crippen LogP contribution < -0.4 is 10.6 Å². The highest BCUT2D eigenvalue weighted by Crippen LogP contribution is 2.31. The maximum atomic E-state index is 12.2. The van der Waals surface area contributed by atoms with Gasteiger partial charge in [0.1, 0.15) is 11.2 Å². The number of carbonyl (C=O) groups is 1. The second-order valence-electron chi connectivity index (χ2n) is 5.31. The summed E-state index contributed by atoms with van der Waals surface area (Å²) in [6.45, 7) is 1.01. The van der Waals surface area contributed by atoms with E-state index < -0.39 is 0 Å². The highest BCUT2D eigenvalue weighted by Gasteiger charge is 2.40. The van der Waals surface area contributed by atoms with Crippen molar-refractivity contribution in [2.75, 3.05) is 6.54 Å². The van der Waals surface area contributed by atoms with E-state index in [2.05, 4.69) is 20.6 Å². The number of hydrogen-bond donors (Lipinski definition) is 2. The number of aromatic nitrogens is 2. The number of hydrogen-bond acceptors (Lipinski definition) is 5. The molecule has 2 fully saturated rings. The molecule has 4 rings (SSSR count). The van der Waals surface area contributed by atoms with E-state index in [1.54, 1.807) is 12.3 Å². The van der Waals surface area contributed by atoms with Crippen LogP contribution in [0.3, 0.4) is 0 Å². The van der Waals surface area contributed by atoms with E-state index in [0.29, 0.717) is 28.8 Å². The lowest BCUT2D eigenvalue weighted by atomic mass is 10.0. The quantitative estimate of drug-likeness (QED) is 0.829. The monoisotopic (exact) mass is 258 g/mol. The van der Waals surface area contributed by atoms with Crippen LogP contribution in [-0.2, 0) is 0 Å². The summed E-state index contributed by atoms with van der Waals surface area (Å²) in [7, 11) is 0. The first-order chi connectivity index (χ1) is 9.29. The SMILES string of the molecule is O=C(N[C@@H]1C[C@H]2C[C@H]1CN2)c1cc2ncoc2cn1. The molecule has 6 heteroatoms. The smallest absolute Gasteiger partial charge is 0.270 e. The largest absolute Gasteiger partial charge is 0.442 e. The second kappa shape index (κ2) is 4.03. The highest BCUT2D eigenvalue weighted by atomic mass is 16.3. The molecule has 2 aromatic heterocycles. The maximum absolute atomic E-state index is 12.2. The first-order valence-corrected chi connectivity index (χ1v) is 6.53. The summed E-state index contributed by atoms with van der Waals surface area (Å²) in [5.41, 5.74) is 1.66. The molecular weight excluding hydrogens is 244 g/mol. The average Bonchev–Trinajstić information content (AvgIpc) is 3.13. The van der Waals surface area contributed by atoms with Crippen LogP contribution in [0.2, 0.25) is 0 Å². The number of nitrogens with one attached hydrogen (secondary N) is 2. The molecule has 3 heterocycles. The van der Waals surface area contributed by atoms with Crippen molar-refractivity contribution in [1.29, 1.82) is 0 Å². The fourth-order valence-electron chi connectivity index (χ4n) is 3.14. The molecular formula is C13H14N4O2. The van der Waals surface area contributed by atoms with Crippen molar-refractivity contribution < 1.29 is 9.21 Å². The van der Waals surface area contributed by atoms with E-state index >= 15 is 0 Å². The van der Waals surface area contributed by atoms with Crippen molar-refractivity contribution in [2.24, 2.45) is 5.92 Å². The van der Waals surface area contributed by atoms with Gasteiger partial charge in [0.05, 0.1) is 6.20 Å². The molecule has 2 aromatic rings. The normalized spacial score (nSPS) is 28.9. The summed E-state index contributed by atoms with van der Waals surface area (Å²) in [4.78, 5) is 20.3. The lowest BCUT2D eigenvalue weighted by Crippen LogP contribution is -2.44. The first kappa shape index (κ1) is 10.9. The Labute approximate surface area is 109 Å². The van der Waals surface area contributed by atoms with Gasteiger partial charge in [-0.3, -0.25) is 4.79 Å². The van der Waals surface area contributed by atoms with Crippen LogP contribution in [-0.4, -0.2) is 34.5 Å². The summed E-state index contributed by atoms with van der Waals surface area (Å²) >= 11 is 0. The van der Waals surface area contributed by atoms with Crippen molar-refractivity contribution in [3.05, 3.63) is 24.4 Å². The zero-order valence-electron chi connectivity index (χ0n) is 10.3. The molecule has 6 nitrogen and oxygen atoms in total. The number of pyridine rings is 1. The van der Waals surface area contributed by atoms with Gasteiger partial charge in [0, 0.05) is 18.6 Å². The number of piperidine rings is 1. The molecule has 0 spiro atoms. The lowest BCUT2D eigenvalue weighted by molar-refractivity contribution is 0.0920. The summed E-state index contributed by atoms with van der Waals surface area (Å²) in [6, 6.07) is 2.51. The van der Waals surface area contributed by atoms with Gasteiger partial charge in [-0.1, -0.05) is 0 Å². The standard InChI is InChI=1S/C13H14N4O2/c18-13(17-9-2-8-1-7(9)4-14-8)11-3-10-12(5-15-11)19-6-16-10/h3,5-9,14H,1-2,4H2,(H,17,18)/t7-,8+,9+/m0/s1. The van der Waals surface area contributed by atoms with Gasteiger partial charge in [0.15, 0.2) is 12.0 Å². The summed E-state index contributed by atoms with van der Waals surface area (Å²) in [6.07, 6.45) is 5.08. The second-order valence-corrected chi connectivity index (χ2v) is 5.31. The molecule has 2 N–H and O–H groups in total. The summed E-state index contributed by atoms with van der Waals surface area (Å²) in [5, 5.41) is 6.51. The predicted molar refractivity (Wildman–Crippen MR) is 67.6 cm³/mol. The van der Waals surface area contributed by atoms with Crippen LogP contribution in [0.25, 0.3) is 11.1 Å². The third-order valence-electron chi connectivity index (χ3n) is 4.13. The Bertz CT molecular complexity index is 638. The van der Waals surface area contributed by atoms with Crippen LogP contribution in [0, 0.1) is 5.92 Å². The Morgan fingerprint density at radius 2 is 2.37 bits per heavy atom. The van der Waals surface area contributed by atoms with Gasteiger partial charge in [-0.15, -0.1) is 0 Å². The van der Waals surface area contributed by atoms with E-state index in [1.165, 1.54) is 12.8 Å². The van der Waals surface area contributed by atoms with Gasteiger partial charge < -0.3 is 15.1 Å². The first-order valence-electron chi connectivity index (χ1n) is 6.53. The fraction of sp³-hybridized carbons (Fsp3) is 0.462. The molecule has 1 saturated heterocycles. The van der Waals surface area contributed by atoms with E-state index in [9.17, 15) is 4.79 Å². The molecule has 1 aliphatic heterocycles. The summed E-state index contributed by atoms with van der Waals surface area (Å²) in [5.74, 6) is 0.437. The average molecular weight is 258 g/mol. The molecule has 2 aliphatic rings. The number of rotatable bonds is 2. The van der Waals surface area contributed by atoms with Crippen LogP contribution in [0.1, 0.15) is 23.3 Å². The van der Waals surface area contributed by atoms with Gasteiger partial charge in [0.2, 0.25) is 0 Å².